The van der Waals surface area contributed by atoms with Gasteiger partial charge in [-0.2, -0.15) is 0 Å². The lowest BCUT2D eigenvalue weighted by Gasteiger charge is -2.16. The summed E-state index contributed by atoms with van der Waals surface area (Å²) in [7, 11) is 0. The average molecular weight is 391 g/mol. The molecule has 0 spiro atoms. The van der Waals surface area contributed by atoms with Gasteiger partial charge in [-0.3, -0.25) is 14.9 Å². The van der Waals surface area contributed by atoms with Crippen molar-refractivity contribution in [1.82, 2.24) is 4.98 Å². The molecule has 0 aliphatic rings. The monoisotopic (exact) mass is 390 g/mol. The van der Waals surface area contributed by atoms with E-state index in [1.54, 1.807) is 18.3 Å². The number of benzene rings is 2. The molecule has 9 heteroatoms. The molecule has 0 fully saturated rings. The van der Waals surface area contributed by atoms with Gasteiger partial charge < -0.3 is 10.6 Å². The average Bonchev–Trinajstić information content (AvgIpc) is 2.95. The van der Waals surface area contributed by atoms with Crippen LogP contribution in [0.15, 0.2) is 36.4 Å². The van der Waals surface area contributed by atoms with Gasteiger partial charge in [-0.05, 0) is 38.1 Å². The molecule has 3 aromatic rings. The summed E-state index contributed by atoms with van der Waals surface area (Å²) < 4.78 is 1.04. The Morgan fingerprint density at radius 3 is 2.77 bits per heavy atom. The molecular weight excluding hydrogens is 376 g/mol. The van der Waals surface area contributed by atoms with E-state index in [0.29, 0.717) is 5.69 Å². The van der Waals surface area contributed by atoms with Crippen LogP contribution < -0.4 is 10.6 Å². The summed E-state index contributed by atoms with van der Waals surface area (Å²) in [6, 6.07) is 9.09. The summed E-state index contributed by atoms with van der Waals surface area (Å²) in [6.45, 7) is 3.67. The van der Waals surface area contributed by atoms with Crippen LogP contribution in [0.1, 0.15) is 11.9 Å². The van der Waals surface area contributed by atoms with Crippen molar-refractivity contribution >= 4 is 56.1 Å². The van der Waals surface area contributed by atoms with Crippen LogP contribution in [0.3, 0.4) is 0 Å². The number of amides is 1. The number of rotatable bonds is 5. The van der Waals surface area contributed by atoms with E-state index in [4.69, 9.17) is 11.6 Å². The van der Waals surface area contributed by atoms with Crippen molar-refractivity contribution in [2.24, 2.45) is 0 Å². The highest BCUT2D eigenvalue weighted by Crippen LogP contribution is 2.27. The molecule has 3 rings (SSSR count). The number of nitro groups is 1. The maximum absolute atomic E-state index is 12.4. The van der Waals surface area contributed by atoms with Gasteiger partial charge in [0.15, 0.2) is 0 Å². The van der Waals surface area contributed by atoms with Crippen LogP contribution in [0.4, 0.5) is 17.1 Å². The molecule has 26 heavy (non-hydrogen) atoms. The Balaban J connectivity index is 1.69. The maximum Gasteiger partial charge on any atom is 0.271 e. The summed E-state index contributed by atoms with van der Waals surface area (Å²) in [5.74, 6) is -0.304. The molecule has 0 unspecified atom stereocenters. The summed E-state index contributed by atoms with van der Waals surface area (Å²) in [6.07, 6.45) is 0. The molecule has 0 saturated heterocycles. The lowest BCUT2D eigenvalue weighted by atomic mass is 10.2. The molecule has 0 saturated carbocycles. The largest absolute Gasteiger partial charge is 0.374 e. The number of fused-ring (bicyclic) bond motifs is 1. The minimum Gasteiger partial charge on any atom is -0.374 e. The van der Waals surface area contributed by atoms with Crippen LogP contribution >= 0.6 is 22.9 Å². The third-order valence-electron chi connectivity index (χ3n) is 3.69. The van der Waals surface area contributed by atoms with Crippen molar-refractivity contribution in [3.05, 3.63) is 56.5 Å². The minimum absolute atomic E-state index is 0.112. The fourth-order valence-electron chi connectivity index (χ4n) is 2.41. The van der Waals surface area contributed by atoms with Gasteiger partial charge in [0.05, 0.1) is 30.9 Å². The standard InChI is InChI=1S/C17H15ClN4O3S/c1-9(19-11-3-5-15-16(7-11)26-10(2)20-15)17(23)21-14-6-4-12(22(24)25)8-13(14)18/h3-9,19H,1-2H3,(H,21,23)/t9-/m0/s1. The first-order valence-electron chi connectivity index (χ1n) is 7.72. The molecule has 1 atom stereocenters. The van der Waals surface area contributed by atoms with E-state index in [9.17, 15) is 14.9 Å². The highest BCUT2D eigenvalue weighted by atomic mass is 35.5. The Bertz CT molecular complexity index is 1000. The van der Waals surface area contributed by atoms with Gasteiger partial charge in [-0.15, -0.1) is 11.3 Å². The van der Waals surface area contributed by atoms with E-state index >= 15 is 0 Å². The lowest BCUT2D eigenvalue weighted by Crippen LogP contribution is -2.31. The van der Waals surface area contributed by atoms with Gasteiger partial charge >= 0.3 is 0 Å². The second-order valence-corrected chi connectivity index (χ2v) is 7.33. The van der Waals surface area contributed by atoms with Gasteiger partial charge in [0.2, 0.25) is 5.91 Å². The van der Waals surface area contributed by atoms with Gasteiger partial charge in [0, 0.05) is 17.8 Å². The van der Waals surface area contributed by atoms with Crippen LogP contribution in [-0.2, 0) is 4.79 Å². The van der Waals surface area contributed by atoms with Crippen LogP contribution in [0.5, 0.6) is 0 Å². The fourth-order valence-corrected chi connectivity index (χ4v) is 3.49. The van der Waals surface area contributed by atoms with Gasteiger partial charge in [-0.25, -0.2) is 4.98 Å². The van der Waals surface area contributed by atoms with Crippen molar-refractivity contribution in [3.8, 4) is 0 Å². The molecule has 1 amide bonds. The van der Waals surface area contributed by atoms with Crippen molar-refractivity contribution in [1.29, 1.82) is 0 Å². The SMILES string of the molecule is Cc1nc2ccc(N[C@@H](C)C(=O)Nc3ccc([N+](=O)[O-])cc3Cl)cc2s1. The molecule has 0 bridgehead atoms. The quantitative estimate of drug-likeness (QED) is 0.490. The van der Waals surface area contributed by atoms with E-state index in [2.05, 4.69) is 15.6 Å². The van der Waals surface area contributed by atoms with Crippen molar-refractivity contribution < 1.29 is 9.72 Å². The predicted molar refractivity (Wildman–Crippen MR) is 104 cm³/mol. The molecule has 0 aliphatic carbocycles. The first-order chi connectivity index (χ1) is 12.3. The Morgan fingerprint density at radius 2 is 2.08 bits per heavy atom. The van der Waals surface area contributed by atoms with Crippen LogP contribution in [0.2, 0.25) is 5.02 Å². The van der Waals surface area contributed by atoms with Crippen molar-refractivity contribution in [3.63, 3.8) is 0 Å². The zero-order chi connectivity index (χ0) is 18.8. The number of carbonyl (C=O) groups is 1. The molecule has 0 aliphatic heterocycles. The van der Waals surface area contributed by atoms with Crippen molar-refractivity contribution in [2.75, 3.05) is 10.6 Å². The van der Waals surface area contributed by atoms with Crippen molar-refractivity contribution in [2.45, 2.75) is 19.9 Å². The number of thiazole rings is 1. The number of hydrogen-bond donors (Lipinski definition) is 2. The number of non-ortho nitro benzene ring substituents is 1. The van der Waals surface area contributed by atoms with Crippen LogP contribution in [0, 0.1) is 17.0 Å². The van der Waals surface area contributed by atoms with E-state index < -0.39 is 11.0 Å². The number of aromatic nitrogens is 1. The fraction of sp³-hybridized carbons (Fsp3) is 0.176. The van der Waals surface area contributed by atoms with Crippen LogP contribution in [-0.4, -0.2) is 21.9 Å². The van der Waals surface area contributed by atoms with E-state index in [1.807, 2.05) is 25.1 Å². The number of hydrogen-bond acceptors (Lipinski definition) is 6. The predicted octanol–water partition coefficient (Wildman–Crippen LogP) is 4.61. The van der Waals surface area contributed by atoms with Gasteiger partial charge in [0.1, 0.15) is 6.04 Å². The molecule has 0 radical (unpaired) electrons. The van der Waals surface area contributed by atoms with Gasteiger partial charge in [-0.1, -0.05) is 11.6 Å². The maximum atomic E-state index is 12.4. The number of nitrogens with one attached hydrogen (secondary N) is 2. The van der Waals surface area contributed by atoms with Gasteiger partial charge in [0.25, 0.3) is 5.69 Å². The smallest absolute Gasteiger partial charge is 0.271 e. The molecule has 2 N–H and O–H groups in total. The second kappa shape index (κ2) is 7.27. The molecule has 2 aromatic carbocycles. The van der Waals surface area contributed by atoms with E-state index in [0.717, 1.165) is 20.9 Å². The summed E-state index contributed by atoms with van der Waals surface area (Å²) in [4.78, 5) is 27.0. The Kier molecular flexibility index (Phi) is 5.06. The molecule has 134 valence electrons. The molecular formula is C17H15ClN4O3S. The highest BCUT2D eigenvalue weighted by Gasteiger charge is 2.16. The third kappa shape index (κ3) is 3.92. The Morgan fingerprint density at radius 1 is 1.31 bits per heavy atom. The summed E-state index contributed by atoms with van der Waals surface area (Å²) >= 11 is 7.59. The summed E-state index contributed by atoms with van der Waals surface area (Å²) in [5.41, 5.74) is 1.92. The Labute approximate surface area is 158 Å². The topological polar surface area (TPSA) is 97.2 Å². The summed E-state index contributed by atoms with van der Waals surface area (Å²) in [5, 5.41) is 17.6. The normalized spacial score (nSPS) is 12.0. The van der Waals surface area contributed by atoms with Crippen LogP contribution in [0.25, 0.3) is 10.2 Å². The number of aryl methyl sites for hydroxylation is 1. The number of halogens is 1. The third-order valence-corrected chi connectivity index (χ3v) is 4.94. The lowest BCUT2D eigenvalue weighted by molar-refractivity contribution is -0.384. The first-order valence-corrected chi connectivity index (χ1v) is 8.91. The second-order valence-electron chi connectivity index (χ2n) is 5.69. The Hall–Kier alpha value is -2.71. The molecule has 1 heterocycles. The van der Waals surface area contributed by atoms with E-state index in [1.165, 1.54) is 18.2 Å². The number of nitro benzene ring substituents is 1. The zero-order valence-electron chi connectivity index (χ0n) is 13.9. The molecule has 7 nitrogen and oxygen atoms in total. The van der Waals surface area contributed by atoms with E-state index in [-0.39, 0.29) is 16.6 Å². The number of carbonyl (C=O) groups excluding carboxylic acids is 1. The molecule has 1 aromatic heterocycles. The first kappa shape index (κ1) is 18.1. The number of nitrogens with zero attached hydrogens (tertiary/aromatic N) is 2. The number of anilines is 2. The minimum atomic E-state index is -0.543. The zero-order valence-corrected chi connectivity index (χ0v) is 15.5. The highest BCUT2D eigenvalue weighted by molar-refractivity contribution is 7.18.